The fourth-order valence-electron chi connectivity index (χ4n) is 1.53. The Bertz CT molecular complexity index is 351. The number of sulfone groups is 1. The molecule has 0 aromatic carbocycles. The van der Waals surface area contributed by atoms with E-state index in [1.54, 1.807) is 6.08 Å². The molecule has 1 fully saturated rings. The van der Waals surface area contributed by atoms with Crippen LogP contribution in [0.4, 0.5) is 0 Å². The normalized spacial score (nSPS) is 23.4. The van der Waals surface area contributed by atoms with Gasteiger partial charge in [0.15, 0.2) is 14.9 Å². The molecule has 4 nitrogen and oxygen atoms in total. The van der Waals surface area contributed by atoms with Gasteiger partial charge in [-0.2, -0.15) is 0 Å². The van der Waals surface area contributed by atoms with Gasteiger partial charge < -0.3 is 10.2 Å². The standard InChI is InChI=1S/C9H16N2O2S2/c1-3-5-10-9(14)11(2)8-4-6-15(12,13)7-8/h3,8H,1,4-7H2,2H3,(H,10,14). The van der Waals surface area contributed by atoms with Crippen LogP contribution in [0, 0.1) is 0 Å². The van der Waals surface area contributed by atoms with Gasteiger partial charge in [0, 0.05) is 19.6 Å². The summed E-state index contributed by atoms with van der Waals surface area (Å²) in [6.07, 6.45) is 2.38. The average Bonchev–Trinajstić information content (AvgIpc) is 2.54. The molecule has 0 aromatic rings. The predicted octanol–water partition coefficient (Wildman–Crippen LogP) is 0.166. The maximum absolute atomic E-state index is 11.3. The first kappa shape index (κ1) is 12.4. The van der Waals surface area contributed by atoms with E-state index in [4.69, 9.17) is 12.2 Å². The molecule has 1 heterocycles. The third-order valence-electron chi connectivity index (χ3n) is 2.47. The van der Waals surface area contributed by atoms with E-state index < -0.39 is 9.84 Å². The van der Waals surface area contributed by atoms with Gasteiger partial charge in [0.25, 0.3) is 0 Å². The van der Waals surface area contributed by atoms with Gasteiger partial charge in [-0.25, -0.2) is 8.42 Å². The summed E-state index contributed by atoms with van der Waals surface area (Å²) in [5.74, 6) is 0.478. The minimum Gasteiger partial charge on any atom is -0.359 e. The summed E-state index contributed by atoms with van der Waals surface area (Å²) in [5, 5.41) is 3.56. The average molecular weight is 248 g/mol. The first-order valence-corrected chi connectivity index (χ1v) is 7.01. The Kier molecular flexibility index (Phi) is 4.10. The molecule has 1 aliphatic rings. The van der Waals surface area contributed by atoms with Crippen LogP contribution < -0.4 is 5.32 Å². The molecule has 0 bridgehead atoms. The second-order valence-corrected chi connectivity index (χ2v) is 6.26. The predicted molar refractivity (Wildman–Crippen MR) is 65.6 cm³/mol. The van der Waals surface area contributed by atoms with Gasteiger partial charge in [-0.05, 0) is 18.6 Å². The maximum atomic E-state index is 11.3. The highest BCUT2D eigenvalue weighted by Gasteiger charge is 2.31. The third-order valence-corrected chi connectivity index (χ3v) is 4.66. The minimum absolute atomic E-state index is 0.0137. The Labute approximate surface area is 96.3 Å². The Hall–Kier alpha value is -0.620. The molecule has 1 unspecified atom stereocenters. The summed E-state index contributed by atoms with van der Waals surface area (Å²) in [4.78, 5) is 1.82. The maximum Gasteiger partial charge on any atom is 0.169 e. The van der Waals surface area contributed by atoms with E-state index in [9.17, 15) is 8.42 Å². The van der Waals surface area contributed by atoms with Crippen molar-refractivity contribution < 1.29 is 8.42 Å². The van der Waals surface area contributed by atoms with Crippen LogP contribution in [0.2, 0.25) is 0 Å². The van der Waals surface area contributed by atoms with Gasteiger partial charge in [0.05, 0.1) is 11.5 Å². The third kappa shape index (κ3) is 3.46. The summed E-state index contributed by atoms with van der Waals surface area (Å²) in [6.45, 7) is 4.18. The van der Waals surface area contributed by atoms with Crippen LogP contribution in [-0.4, -0.2) is 49.6 Å². The lowest BCUT2D eigenvalue weighted by molar-refractivity contribution is 0.392. The van der Waals surface area contributed by atoms with Crippen LogP contribution in [0.15, 0.2) is 12.7 Å². The number of hydrogen-bond donors (Lipinski definition) is 1. The first-order valence-electron chi connectivity index (χ1n) is 4.78. The number of hydrogen-bond acceptors (Lipinski definition) is 3. The first-order chi connectivity index (χ1) is 6.96. The fraction of sp³-hybridized carbons (Fsp3) is 0.667. The smallest absolute Gasteiger partial charge is 0.169 e. The zero-order valence-corrected chi connectivity index (χ0v) is 10.4. The molecule has 0 aromatic heterocycles. The summed E-state index contributed by atoms with van der Waals surface area (Å²) in [6, 6.07) is 0.0137. The molecule has 1 rings (SSSR count). The number of nitrogens with one attached hydrogen (secondary N) is 1. The van der Waals surface area contributed by atoms with Crippen LogP contribution in [0.5, 0.6) is 0 Å². The molecule has 6 heteroatoms. The summed E-state index contributed by atoms with van der Waals surface area (Å²) < 4.78 is 22.6. The highest BCUT2D eigenvalue weighted by atomic mass is 32.2. The highest BCUT2D eigenvalue weighted by molar-refractivity contribution is 7.91. The molecule has 1 N–H and O–H groups in total. The largest absolute Gasteiger partial charge is 0.359 e. The monoisotopic (exact) mass is 248 g/mol. The van der Waals surface area contributed by atoms with Crippen molar-refractivity contribution in [1.82, 2.24) is 10.2 Å². The van der Waals surface area contributed by atoms with Crippen molar-refractivity contribution in [3.63, 3.8) is 0 Å². The van der Waals surface area contributed by atoms with Crippen molar-refractivity contribution in [2.45, 2.75) is 12.5 Å². The number of nitrogens with zero attached hydrogens (tertiary/aromatic N) is 1. The van der Waals surface area contributed by atoms with Crippen LogP contribution in [0.25, 0.3) is 0 Å². The zero-order valence-electron chi connectivity index (χ0n) is 8.77. The Morgan fingerprint density at radius 2 is 2.40 bits per heavy atom. The molecule has 1 aliphatic heterocycles. The Morgan fingerprint density at radius 1 is 1.73 bits per heavy atom. The van der Waals surface area contributed by atoms with Crippen molar-refractivity contribution >= 4 is 27.2 Å². The van der Waals surface area contributed by atoms with Crippen molar-refractivity contribution in [2.24, 2.45) is 0 Å². The van der Waals surface area contributed by atoms with Gasteiger partial charge in [-0.15, -0.1) is 6.58 Å². The Balaban J connectivity index is 2.51. The lowest BCUT2D eigenvalue weighted by atomic mass is 10.2. The lowest BCUT2D eigenvalue weighted by Crippen LogP contribution is -2.43. The molecule has 0 spiro atoms. The van der Waals surface area contributed by atoms with Crippen LogP contribution in [0.1, 0.15) is 6.42 Å². The Morgan fingerprint density at radius 3 is 2.87 bits per heavy atom. The van der Waals surface area contributed by atoms with Crippen LogP contribution in [-0.2, 0) is 9.84 Å². The lowest BCUT2D eigenvalue weighted by Gasteiger charge is -2.26. The van der Waals surface area contributed by atoms with Crippen LogP contribution >= 0.6 is 12.2 Å². The van der Waals surface area contributed by atoms with Crippen molar-refractivity contribution in [3.05, 3.63) is 12.7 Å². The van der Waals surface area contributed by atoms with E-state index in [0.717, 1.165) is 0 Å². The van der Waals surface area contributed by atoms with Crippen molar-refractivity contribution in [2.75, 3.05) is 25.1 Å². The minimum atomic E-state index is -2.84. The van der Waals surface area contributed by atoms with Gasteiger partial charge in [0.2, 0.25) is 0 Å². The van der Waals surface area contributed by atoms with E-state index in [0.29, 0.717) is 18.1 Å². The molecule has 0 amide bonds. The molecule has 15 heavy (non-hydrogen) atoms. The van der Waals surface area contributed by atoms with Gasteiger partial charge in [-0.1, -0.05) is 6.08 Å². The second kappa shape index (κ2) is 4.94. The van der Waals surface area contributed by atoms with Crippen molar-refractivity contribution in [3.8, 4) is 0 Å². The van der Waals surface area contributed by atoms with Crippen molar-refractivity contribution in [1.29, 1.82) is 0 Å². The van der Waals surface area contributed by atoms with E-state index in [2.05, 4.69) is 11.9 Å². The van der Waals surface area contributed by atoms with Gasteiger partial charge in [0.1, 0.15) is 0 Å². The summed E-state index contributed by atoms with van der Waals surface area (Å²) in [7, 11) is -1.02. The topological polar surface area (TPSA) is 49.4 Å². The van der Waals surface area contributed by atoms with E-state index >= 15 is 0 Å². The van der Waals surface area contributed by atoms with E-state index in [1.165, 1.54) is 0 Å². The summed E-state index contributed by atoms with van der Waals surface area (Å²) in [5.41, 5.74) is 0. The molecule has 0 saturated carbocycles. The number of rotatable bonds is 3. The quantitative estimate of drug-likeness (QED) is 0.570. The van der Waals surface area contributed by atoms with Crippen LogP contribution in [0.3, 0.4) is 0 Å². The SMILES string of the molecule is C=CCNC(=S)N(C)C1CCS(=O)(=O)C1. The van der Waals surface area contributed by atoms with Gasteiger partial charge >= 0.3 is 0 Å². The molecular formula is C9H16N2O2S2. The van der Waals surface area contributed by atoms with E-state index in [-0.39, 0.29) is 17.5 Å². The molecule has 86 valence electrons. The second-order valence-electron chi connectivity index (χ2n) is 3.64. The molecular weight excluding hydrogens is 232 g/mol. The number of thiocarbonyl (C=S) groups is 1. The van der Waals surface area contributed by atoms with Gasteiger partial charge in [-0.3, -0.25) is 0 Å². The molecule has 1 saturated heterocycles. The molecule has 0 radical (unpaired) electrons. The molecule has 0 aliphatic carbocycles. The highest BCUT2D eigenvalue weighted by Crippen LogP contribution is 2.16. The molecule has 1 atom stereocenters. The summed E-state index contributed by atoms with van der Waals surface area (Å²) >= 11 is 5.13. The zero-order chi connectivity index (χ0) is 11.5. The fourth-order valence-corrected chi connectivity index (χ4v) is 3.54. The van der Waals surface area contributed by atoms with E-state index in [1.807, 2.05) is 11.9 Å².